The van der Waals surface area contributed by atoms with Crippen LogP contribution >= 0.6 is 0 Å². The molecule has 0 saturated heterocycles. The Labute approximate surface area is 384 Å². The van der Waals surface area contributed by atoms with Crippen molar-refractivity contribution in [1.29, 1.82) is 0 Å². The lowest BCUT2D eigenvalue weighted by atomic mass is 9.94. The summed E-state index contributed by atoms with van der Waals surface area (Å²) in [7, 11) is 0. The molecule has 1 rings (SSSR count). The molecule has 0 atom stereocenters. The van der Waals surface area contributed by atoms with Crippen molar-refractivity contribution in [1.82, 2.24) is 15.5 Å². The number of esters is 4. The predicted molar refractivity (Wildman–Crippen MR) is 240 cm³/mol. The SMILES string of the molecule is CCCCOc1cc(C(=O)NCCOCCC(=O)C(CC(=O)OC(C)(C)C)CC(=O)OC(C)(C)C)cc(C(=O)NCCOCCC(=O)N(CC(=O)OC(C)(C)C)CC(=O)OC(C)(C)C)c1. The molecule has 0 bridgehead atoms. The Morgan fingerprint density at radius 3 is 1.34 bits per heavy atom. The fourth-order valence-corrected chi connectivity index (χ4v) is 5.62. The maximum atomic E-state index is 13.2. The van der Waals surface area contributed by atoms with E-state index in [1.807, 2.05) is 6.92 Å². The van der Waals surface area contributed by atoms with Gasteiger partial charge in [0.1, 0.15) is 47.0 Å². The Balaban J connectivity index is 2.80. The molecule has 0 spiro atoms. The van der Waals surface area contributed by atoms with Crippen LogP contribution in [-0.2, 0) is 57.2 Å². The average Bonchev–Trinajstić information content (AvgIpc) is 3.13. The van der Waals surface area contributed by atoms with Gasteiger partial charge in [0.15, 0.2) is 0 Å². The maximum Gasteiger partial charge on any atom is 0.326 e. The van der Waals surface area contributed by atoms with Gasteiger partial charge in [-0.05, 0) is 108 Å². The fourth-order valence-electron chi connectivity index (χ4n) is 5.62. The highest BCUT2D eigenvalue weighted by Crippen LogP contribution is 2.21. The number of nitrogens with one attached hydrogen (secondary N) is 2. The zero-order chi connectivity index (χ0) is 49.6. The van der Waals surface area contributed by atoms with Crippen LogP contribution in [-0.4, -0.2) is 134 Å². The standard InChI is InChI=1S/C47H75N3O15/c1-14-15-20-61-35-26-33(42(57)48-18-23-59-21-16-36(51)32(28-38(53)62-44(2,3)4)29-39(54)63-45(5,6)7)25-34(27-35)43(58)49-19-24-60-22-17-37(52)50(30-40(55)64-46(8,9)10)31-41(56)65-47(11,12)13/h25-27,32H,14-24,28-31H2,1-13H3,(H,48,57)(H,49,58). The van der Waals surface area contributed by atoms with Crippen LogP contribution in [0.5, 0.6) is 5.75 Å². The first-order chi connectivity index (χ1) is 30.0. The van der Waals surface area contributed by atoms with Crippen LogP contribution in [0.25, 0.3) is 0 Å². The van der Waals surface area contributed by atoms with Gasteiger partial charge in [-0.1, -0.05) is 13.3 Å². The summed E-state index contributed by atoms with van der Waals surface area (Å²) in [4.78, 5) is 104. The molecular weight excluding hydrogens is 847 g/mol. The van der Waals surface area contributed by atoms with E-state index in [1.54, 1.807) is 83.1 Å². The smallest absolute Gasteiger partial charge is 0.326 e. The Morgan fingerprint density at radius 1 is 0.538 bits per heavy atom. The average molecular weight is 922 g/mol. The monoisotopic (exact) mass is 922 g/mol. The molecule has 65 heavy (non-hydrogen) atoms. The lowest BCUT2D eigenvalue weighted by Crippen LogP contribution is -2.43. The number of benzene rings is 1. The number of Topliss-reactive ketones (excluding diaryl/α,β-unsaturated/α-hetero) is 1. The largest absolute Gasteiger partial charge is 0.494 e. The van der Waals surface area contributed by atoms with Crippen LogP contribution in [0.1, 0.15) is 149 Å². The molecule has 18 heteroatoms. The van der Waals surface area contributed by atoms with Crippen molar-refractivity contribution in [2.75, 3.05) is 59.2 Å². The Bertz CT molecular complexity index is 1570. The van der Waals surface area contributed by atoms with Gasteiger partial charge in [0.2, 0.25) is 5.91 Å². The van der Waals surface area contributed by atoms with E-state index in [-0.39, 0.29) is 82.1 Å². The minimum Gasteiger partial charge on any atom is -0.494 e. The summed E-state index contributed by atoms with van der Waals surface area (Å²) < 4.78 is 38.4. The highest BCUT2D eigenvalue weighted by molar-refractivity contribution is 6.00. The number of carbonyl (C=O) groups is 8. The minimum atomic E-state index is -0.960. The third-order valence-electron chi connectivity index (χ3n) is 8.17. The first-order valence-electron chi connectivity index (χ1n) is 22.1. The number of carbonyl (C=O) groups excluding carboxylic acids is 8. The van der Waals surface area contributed by atoms with E-state index >= 15 is 0 Å². The highest BCUT2D eigenvalue weighted by Gasteiger charge is 2.30. The normalized spacial score (nSPS) is 11.9. The molecule has 18 nitrogen and oxygen atoms in total. The van der Waals surface area contributed by atoms with Gasteiger partial charge in [-0.15, -0.1) is 0 Å². The van der Waals surface area contributed by atoms with Gasteiger partial charge in [0, 0.05) is 36.6 Å². The molecule has 0 heterocycles. The molecule has 3 amide bonds. The fraction of sp³-hybridized carbons (Fsp3) is 0.702. The van der Waals surface area contributed by atoms with E-state index in [0.29, 0.717) is 12.4 Å². The van der Waals surface area contributed by atoms with Crippen LogP contribution in [0, 0.1) is 5.92 Å². The number of unbranched alkanes of at least 4 members (excludes halogenated alkanes) is 1. The molecule has 0 radical (unpaired) electrons. The zero-order valence-electron chi connectivity index (χ0n) is 41.0. The molecule has 368 valence electrons. The van der Waals surface area contributed by atoms with Crippen LogP contribution in [0.2, 0.25) is 0 Å². The maximum absolute atomic E-state index is 13.2. The van der Waals surface area contributed by atoms with Crippen LogP contribution < -0.4 is 15.4 Å². The summed E-state index contributed by atoms with van der Waals surface area (Å²) in [6.07, 6.45) is 0.783. The Hall–Kier alpha value is -5.10. The van der Waals surface area contributed by atoms with Crippen molar-refractivity contribution in [3.05, 3.63) is 29.3 Å². The van der Waals surface area contributed by atoms with Crippen molar-refractivity contribution < 1.29 is 71.5 Å². The Morgan fingerprint density at radius 2 is 0.938 bits per heavy atom. The lowest BCUT2D eigenvalue weighted by Gasteiger charge is -2.26. The van der Waals surface area contributed by atoms with Crippen molar-refractivity contribution in [3.63, 3.8) is 0 Å². The van der Waals surface area contributed by atoms with Crippen molar-refractivity contribution in [2.45, 2.75) is 151 Å². The molecule has 2 N–H and O–H groups in total. The number of nitrogens with zero attached hydrogens (tertiary/aromatic N) is 1. The third-order valence-corrected chi connectivity index (χ3v) is 8.17. The van der Waals surface area contributed by atoms with Gasteiger partial charge in [-0.2, -0.15) is 0 Å². The van der Waals surface area contributed by atoms with E-state index in [9.17, 15) is 38.4 Å². The summed E-state index contributed by atoms with van der Waals surface area (Å²) in [5, 5.41) is 5.45. The zero-order valence-corrected chi connectivity index (χ0v) is 41.0. The highest BCUT2D eigenvalue weighted by atomic mass is 16.6. The van der Waals surface area contributed by atoms with Crippen LogP contribution in [0.4, 0.5) is 0 Å². The lowest BCUT2D eigenvalue weighted by molar-refractivity contribution is -0.164. The summed E-state index contributed by atoms with van der Waals surface area (Å²) in [6, 6.07) is 4.45. The van der Waals surface area contributed by atoms with E-state index < -0.39 is 83.0 Å². The van der Waals surface area contributed by atoms with Crippen molar-refractivity contribution in [3.8, 4) is 5.75 Å². The molecular formula is C47H75N3O15. The van der Waals surface area contributed by atoms with Gasteiger partial charge >= 0.3 is 23.9 Å². The van der Waals surface area contributed by atoms with E-state index in [4.69, 9.17) is 33.2 Å². The molecule has 1 aromatic carbocycles. The Kier molecular flexibility index (Phi) is 24.4. The molecule has 0 aromatic heterocycles. The predicted octanol–water partition coefficient (Wildman–Crippen LogP) is 5.30. The first-order valence-corrected chi connectivity index (χ1v) is 22.1. The molecule has 1 aromatic rings. The molecule has 0 unspecified atom stereocenters. The van der Waals surface area contributed by atoms with E-state index in [2.05, 4.69) is 10.6 Å². The number of rotatable bonds is 27. The van der Waals surface area contributed by atoms with E-state index in [0.717, 1.165) is 17.7 Å². The molecule has 0 aliphatic heterocycles. The van der Waals surface area contributed by atoms with Gasteiger partial charge < -0.3 is 48.7 Å². The summed E-state index contributed by atoms with van der Waals surface area (Å²) in [5.74, 6) is -5.15. The summed E-state index contributed by atoms with van der Waals surface area (Å²) in [6.45, 7) is 21.9. The van der Waals surface area contributed by atoms with Crippen LogP contribution in [0.3, 0.4) is 0 Å². The molecule has 0 saturated carbocycles. The summed E-state index contributed by atoms with van der Waals surface area (Å²) >= 11 is 0. The van der Waals surface area contributed by atoms with Crippen LogP contribution in [0.15, 0.2) is 18.2 Å². The van der Waals surface area contributed by atoms with Crippen molar-refractivity contribution >= 4 is 47.4 Å². The van der Waals surface area contributed by atoms with Gasteiger partial charge in [0.05, 0.1) is 52.3 Å². The minimum absolute atomic E-state index is 0.0247. The second-order valence-corrected chi connectivity index (χ2v) is 19.4. The third kappa shape index (κ3) is 28.4. The number of ether oxygens (including phenoxy) is 7. The van der Waals surface area contributed by atoms with Crippen molar-refractivity contribution in [2.24, 2.45) is 5.92 Å². The second-order valence-electron chi connectivity index (χ2n) is 19.4. The van der Waals surface area contributed by atoms with Gasteiger partial charge in [0.25, 0.3) is 11.8 Å². The topological polar surface area (TPSA) is 228 Å². The number of hydrogen-bond acceptors (Lipinski definition) is 15. The first kappa shape index (κ1) is 57.9. The summed E-state index contributed by atoms with van der Waals surface area (Å²) in [5.41, 5.74) is -2.81. The van der Waals surface area contributed by atoms with Gasteiger partial charge in [-0.25, -0.2) is 0 Å². The molecule has 0 aliphatic carbocycles. The molecule has 0 fully saturated rings. The second kappa shape index (κ2) is 27.4. The van der Waals surface area contributed by atoms with Gasteiger partial charge in [-0.3, -0.25) is 38.4 Å². The quantitative estimate of drug-likeness (QED) is 0.0648. The number of ketones is 1. The number of hydrogen-bond donors (Lipinski definition) is 2. The number of amides is 3. The van der Waals surface area contributed by atoms with E-state index in [1.165, 1.54) is 18.2 Å². The molecule has 0 aliphatic rings.